The molecule has 2 heterocycles. The highest BCUT2D eigenvalue weighted by molar-refractivity contribution is 9.10. The number of amidine groups is 1. The molecular formula is C22H19BrN2O4S. The van der Waals surface area contributed by atoms with Gasteiger partial charge in [0.05, 0.1) is 17.6 Å². The molecule has 0 aliphatic carbocycles. The predicted molar refractivity (Wildman–Crippen MR) is 121 cm³/mol. The fourth-order valence-electron chi connectivity index (χ4n) is 3.23. The van der Waals surface area contributed by atoms with Crippen LogP contribution in [0.15, 0.2) is 56.8 Å². The third kappa shape index (κ3) is 4.44. The van der Waals surface area contributed by atoms with Crippen molar-refractivity contribution in [3.05, 3.63) is 63.0 Å². The van der Waals surface area contributed by atoms with E-state index in [1.165, 1.54) is 18.9 Å². The first-order valence-corrected chi connectivity index (χ1v) is 11.1. The summed E-state index contributed by atoms with van der Waals surface area (Å²) in [4.78, 5) is 31.7. The number of carbonyl (C=O) groups excluding carboxylic acids is 2. The van der Waals surface area contributed by atoms with Gasteiger partial charge in [-0.25, -0.2) is 4.79 Å². The van der Waals surface area contributed by atoms with Crippen LogP contribution in [0.2, 0.25) is 0 Å². The van der Waals surface area contributed by atoms with Crippen molar-refractivity contribution in [1.82, 2.24) is 4.90 Å². The normalized spacial score (nSPS) is 17.4. The quantitative estimate of drug-likeness (QED) is 0.353. The zero-order valence-electron chi connectivity index (χ0n) is 16.3. The smallest absolute Gasteiger partial charge is 0.344 e. The maximum Gasteiger partial charge on any atom is 0.344 e. The van der Waals surface area contributed by atoms with Crippen LogP contribution in [0.5, 0.6) is 11.5 Å². The van der Waals surface area contributed by atoms with Crippen molar-refractivity contribution in [1.29, 1.82) is 0 Å². The van der Waals surface area contributed by atoms with Gasteiger partial charge in [0.15, 0.2) is 16.7 Å². The molecular weight excluding hydrogens is 468 g/mol. The average Bonchev–Trinajstić information content (AvgIpc) is 3.39. The molecule has 6 nitrogen and oxygen atoms in total. The van der Waals surface area contributed by atoms with Crippen molar-refractivity contribution in [2.75, 3.05) is 20.2 Å². The van der Waals surface area contributed by atoms with Crippen LogP contribution in [0.4, 0.5) is 0 Å². The number of likely N-dealkylation sites (tertiary alicyclic amines) is 1. The molecule has 0 unspecified atom stereocenters. The van der Waals surface area contributed by atoms with Gasteiger partial charge in [-0.1, -0.05) is 18.2 Å². The first-order chi connectivity index (χ1) is 14.5. The van der Waals surface area contributed by atoms with E-state index in [-0.39, 0.29) is 5.91 Å². The van der Waals surface area contributed by atoms with Crippen LogP contribution in [0.25, 0.3) is 6.08 Å². The minimum atomic E-state index is -0.489. The summed E-state index contributed by atoms with van der Waals surface area (Å²) in [6, 6.07) is 12.2. The van der Waals surface area contributed by atoms with Gasteiger partial charge in [0.25, 0.3) is 5.91 Å². The zero-order chi connectivity index (χ0) is 21.1. The number of hydrogen-bond donors (Lipinski definition) is 0. The summed E-state index contributed by atoms with van der Waals surface area (Å²) in [7, 11) is 1.51. The van der Waals surface area contributed by atoms with Gasteiger partial charge in [-0.05, 0) is 76.4 Å². The number of ether oxygens (including phenoxy) is 2. The first-order valence-electron chi connectivity index (χ1n) is 9.47. The van der Waals surface area contributed by atoms with Crippen molar-refractivity contribution >= 4 is 50.8 Å². The molecule has 2 aromatic rings. The molecule has 154 valence electrons. The molecule has 1 saturated heterocycles. The summed E-state index contributed by atoms with van der Waals surface area (Å²) in [5.74, 6) is -0.0111. The highest BCUT2D eigenvalue weighted by atomic mass is 79.9. The van der Waals surface area contributed by atoms with E-state index in [1.807, 2.05) is 6.07 Å². The van der Waals surface area contributed by atoms with Gasteiger partial charge in [0.1, 0.15) is 0 Å². The van der Waals surface area contributed by atoms with Crippen molar-refractivity contribution in [2.24, 2.45) is 4.99 Å². The second kappa shape index (κ2) is 9.06. The lowest BCUT2D eigenvalue weighted by atomic mass is 10.2. The highest BCUT2D eigenvalue weighted by Gasteiger charge is 2.27. The summed E-state index contributed by atoms with van der Waals surface area (Å²) in [5, 5.41) is 0.773. The molecule has 2 aromatic carbocycles. The van der Waals surface area contributed by atoms with Crippen molar-refractivity contribution in [3.8, 4) is 11.5 Å². The topological polar surface area (TPSA) is 68.2 Å². The largest absolute Gasteiger partial charge is 0.493 e. The number of aliphatic imine (C=N–C) groups is 1. The first kappa shape index (κ1) is 20.7. The minimum absolute atomic E-state index is 0.231. The predicted octanol–water partition coefficient (Wildman–Crippen LogP) is 4.74. The number of benzene rings is 2. The average molecular weight is 487 g/mol. The summed E-state index contributed by atoms with van der Waals surface area (Å²) < 4.78 is 11.6. The monoisotopic (exact) mass is 486 g/mol. The molecule has 0 bridgehead atoms. The number of methoxy groups -OCH3 is 1. The Kier molecular flexibility index (Phi) is 6.24. The lowest BCUT2D eigenvalue weighted by Crippen LogP contribution is -2.23. The van der Waals surface area contributed by atoms with E-state index in [4.69, 9.17) is 9.47 Å². The fourth-order valence-corrected chi connectivity index (χ4v) is 4.64. The number of hydrogen-bond acceptors (Lipinski definition) is 6. The van der Waals surface area contributed by atoms with Crippen LogP contribution < -0.4 is 9.47 Å². The Labute approximate surface area is 187 Å². The SMILES string of the molecule is COc1cc(/C=C2/SC(N3CCCC3)=NC2=O)ccc1OC(=O)c1ccccc1Br. The molecule has 2 aliphatic heterocycles. The summed E-state index contributed by atoms with van der Waals surface area (Å²) >= 11 is 4.75. The second-order valence-corrected chi connectivity index (χ2v) is 8.65. The van der Waals surface area contributed by atoms with E-state index in [1.54, 1.807) is 42.5 Å². The highest BCUT2D eigenvalue weighted by Crippen LogP contribution is 2.34. The molecule has 8 heteroatoms. The maximum atomic E-state index is 12.5. The van der Waals surface area contributed by atoms with Gasteiger partial charge in [-0.3, -0.25) is 4.79 Å². The van der Waals surface area contributed by atoms with Gasteiger partial charge in [-0.15, -0.1) is 0 Å². The van der Waals surface area contributed by atoms with Crippen molar-refractivity contribution in [3.63, 3.8) is 0 Å². The van der Waals surface area contributed by atoms with Crippen molar-refractivity contribution in [2.45, 2.75) is 12.8 Å². The standard InChI is InChI=1S/C22H19BrN2O4S/c1-28-18-12-14(13-19-20(26)24-22(30-19)25-10-4-5-11-25)8-9-17(18)29-21(27)15-6-2-3-7-16(15)23/h2-3,6-9,12-13H,4-5,10-11H2,1H3/b19-13+. The molecule has 0 radical (unpaired) electrons. The molecule has 1 amide bonds. The Balaban J connectivity index is 1.51. The Bertz CT molecular complexity index is 1060. The van der Waals surface area contributed by atoms with E-state index in [0.717, 1.165) is 36.7 Å². The number of rotatable bonds is 4. The lowest BCUT2D eigenvalue weighted by molar-refractivity contribution is -0.113. The van der Waals surface area contributed by atoms with Gasteiger partial charge >= 0.3 is 5.97 Å². The minimum Gasteiger partial charge on any atom is -0.493 e. The number of thioether (sulfide) groups is 1. The van der Waals surface area contributed by atoms with Crippen LogP contribution in [-0.4, -0.2) is 42.1 Å². The number of carbonyl (C=O) groups is 2. The molecule has 2 aliphatic rings. The van der Waals surface area contributed by atoms with E-state index in [0.29, 0.717) is 26.4 Å². The van der Waals surface area contributed by atoms with Crippen LogP contribution in [0.1, 0.15) is 28.8 Å². The Morgan fingerprint density at radius 1 is 1.17 bits per heavy atom. The van der Waals surface area contributed by atoms with Crippen LogP contribution in [0.3, 0.4) is 0 Å². The molecule has 0 atom stereocenters. The molecule has 0 N–H and O–H groups in total. The van der Waals surface area contributed by atoms with E-state index >= 15 is 0 Å². The molecule has 1 fully saturated rings. The van der Waals surface area contributed by atoms with Gasteiger partial charge in [0, 0.05) is 17.6 Å². The van der Waals surface area contributed by atoms with Gasteiger partial charge in [0.2, 0.25) is 0 Å². The van der Waals surface area contributed by atoms with Gasteiger partial charge in [-0.2, -0.15) is 4.99 Å². The van der Waals surface area contributed by atoms with Crippen LogP contribution in [-0.2, 0) is 4.79 Å². The lowest BCUT2D eigenvalue weighted by Gasteiger charge is -2.14. The summed E-state index contributed by atoms with van der Waals surface area (Å²) in [6.07, 6.45) is 4.04. The fraction of sp³-hybridized carbons (Fsp3) is 0.227. The van der Waals surface area contributed by atoms with E-state index in [9.17, 15) is 9.59 Å². The Morgan fingerprint density at radius 2 is 1.93 bits per heavy atom. The molecule has 0 aromatic heterocycles. The van der Waals surface area contributed by atoms with Crippen LogP contribution >= 0.6 is 27.7 Å². The Morgan fingerprint density at radius 3 is 2.67 bits per heavy atom. The third-order valence-electron chi connectivity index (χ3n) is 4.77. The van der Waals surface area contributed by atoms with Crippen LogP contribution in [0, 0.1) is 0 Å². The number of halogens is 1. The third-order valence-corrected chi connectivity index (χ3v) is 6.50. The van der Waals surface area contributed by atoms with E-state index < -0.39 is 5.97 Å². The molecule has 0 spiro atoms. The summed E-state index contributed by atoms with van der Waals surface area (Å²) in [6.45, 7) is 1.88. The number of esters is 1. The van der Waals surface area contributed by atoms with Crippen molar-refractivity contribution < 1.29 is 19.1 Å². The number of amides is 1. The zero-order valence-corrected chi connectivity index (χ0v) is 18.7. The van der Waals surface area contributed by atoms with Gasteiger partial charge < -0.3 is 14.4 Å². The maximum absolute atomic E-state index is 12.5. The molecule has 4 rings (SSSR count). The second-order valence-electron chi connectivity index (χ2n) is 6.78. The summed E-state index contributed by atoms with van der Waals surface area (Å²) in [5.41, 5.74) is 1.19. The molecule has 30 heavy (non-hydrogen) atoms. The molecule has 0 saturated carbocycles. The number of nitrogens with zero attached hydrogens (tertiary/aromatic N) is 2. The Hall–Kier alpha value is -2.58. The van der Waals surface area contributed by atoms with E-state index in [2.05, 4.69) is 25.8 Å².